The number of ketones is 1. The van der Waals surface area contributed by atoms with Crippen molar-refractivity contribution in [3.63, 3.8) is 0 Å². The maximum absolute atomic E-state index is 14.4. The van der Waals surface area contributed by atoms with Crippen molar-refractivity contribution in [2.75, 3.05) is 13.2 Å². The van der Waals surface area contributed by atoms with Crippen molar-refractivity contribution in [1.29, 1.82) is 0 Å². The minimum absolute atomic E-state index is 0.128. The monoisotopic (exact) mass is 451 g/mol. The van der Waals surface area contributed by atoms with E-state index >= 15 is 0 Å². The highest BCUT2D eigenvalue weighted by Gasteiger charge is 2.39. The molecule has 0 spiro atoms. The third-order valence-corrected chi connectivity index (χ3v) is 5.09. The van der Waals surface area contributed by atoms with Gasteiger partial charge in [-0.25, -0.2) is 4.79 Å². The van der Waals surface area contributed by atoms with E-state index in [4.69, 9.17) is 9.47 Å². The van der Waals surface area contributed by atoms with E-state index in [0.29, 0.717) is 32.2 Å². The molecular formula is C24H31F2NO5. The Balaban J connectivity index is 1.84. The van der Waals surface area contributed by atoms with Crippen molar-refractivity contribution < 1.29 is 32.6 Å². The number of carbonyl (C=O) groups is 3. The number of amides is 1. The molecule has 1 unspecified atom stereocenters. The Morgan fingerprint density at radius 2 is 1.88 bits per heavy atom. The fraction of sp³-hybridized carbons (Fsp3) is 0.542. The Kier molecular flexibility index (Phi) is 9.81. The number of hydrogen-bond acceptors (Lipinski definition) is 5. The lowest BCUT2D eigenvalue weighted by Gasteiger charge is -2.33. The van der Waals surface area contributed by atoms with Gasteiger partial charge in [0.2, 0.25) is 5.78 Å². The lowest BCUT2D eigenvalue weighted by molar-refractivity contribution is -0.147. The molecule has 1 saturated heterocycles. The Morgan fingerprint density at radius 1 is 1.19 bits per heavy atom. The van der Waals surface area contributed by atoms with Crippen LogP contribution in [0.3, 0.4) is 0 Å². The summed E-state index contributed by atoms with van der Waals surface area (Å²) in [6, 6.07) is 6.44. The minimum atomic E-state index is -3.63. The minimum Gasteiger partial charge on any atom is -0.463 e. The average Bonchev–Trinajstić information content (AvgIpc) is 2.75. The van der Waals surface area contributed by atoms with Gasteiger partial charge in [0.05, 0.1) is 18.8 Å². The van der Waals surface area contributed by atoms with Gasteiger partial charge < -0.3 is 14.4 Å². The van der Waals surface area contributed by atoms with Gasteiger partial charge in [0.15, 0.2) is 0 Å². The molecule has 1 atom stereocenters. The van der Waals surface area contributed by atoms with Gasteiger partial charge >= 0.3 is 18.0 Å². The lowest BCUT2D eigenvalue weighted by Crippen LogP contribution is -2.45. The van der Waals surface area contributed by atoms with E-state index in [-0.39, 0.29) is 24.2 Å². The van der Waals surface area contributed by atoms with Crippen molar-refractivity contribution in [2.45, 2.75) is 70.4 Å². The molecule has 0 aliphatic carbocycles. The summed E-state index contributed by atoms with van der Waals surface area (Å²) < 4.78 is 38.9. The van der Waals surface area contributed by atoms with Crippen LogP contribution in [0.1, 0.15) is 57.9 Å². The van der Waals surface area contributed by atoms with Crippen LogP contribution in [0.5, 0.6) is 0 Å². The number of cyclic esters (lactones) is 1. The predicted octanol–water partition coefficient (Wildman–Crippen LogP) is 5.02. The molecule has 1 heterocycles. The first-order valence-electron chi connectivity index (χ1n) is 11.0. The fourth-order valence-corrected chi connectivity index (χ4v) is 3.42. The second-order valence-corrected chi connectivity index (χ2v) is 8.03. The predicted molar refractivity (Wildman–Crippen MR) is 115 cm³/mol. The van der Waals surface area contributed by atoms with E-state index in [1.807, 2.05) is 0 Å². The first kappa shape index (κ1) is 25.5. The highest BCUT2D eigenvalue weighted by atomic mass is 19.3. The number of rotatable bonds is 12. The van der Waals surface area contributed by atoms with Gasteiger partial charge in [-0.05, 0) is 32.8 Å². The largest absolute Gasteiger partial charge is 0.463 e. The molecule has 0 aromatic heterocycles. The highest BCUT2D eigenvalue weighted by molar-refractivity contribution is 5.96. The van der Waals surface area contributed by atoms with Crippen LogP contribution in [0.2, 0.25) is 0 Å². The zero-order chi connectivity index (χ0) is 23.6. The second-order valence-electron chi connectivity index (χ2n) is 8.03. The smallest absolute Gasteiger partial charge is 0.410 e. The summed E-state index contributed by atoms with van der Waals surface area (Å²) in [6.07, 6.45) is 5.32. The van der Waals surface area contributed by atoms with E-state index in [1.165, 1.54) is 35.2 Å². The number of alkyl halides is 2. The highest BCUT2D eigenvalue weighted by Crippen LogP contribution is 2.29. The molecule has 1 aliphatic rings. The Hall–Kier alpha value is -2.77. The standard InChI is InChI=1S/C24H31F2NO5/c1-18(2)32-22(29)12-8-3-4-9-16-27-20(15-17-31-23(27)30)13-14-21(28)24(25,26)19-10-6-5-7-11-19/h5-7,10-11,13-14,18,20H,3-4,8-9,12,15-17H2,1-2H3. The molecular weight excluding hydrogens is 420 g/mol. The van der Waals surface area contributed by atoms with Gasteiger partial charge in [0.1, 0.15) is 0 Å². The SMILES string of the molecule is CC(C)OC(=O)CCCCCCN1C(=O)OCCC1C=CC(=O)C(F)(F)c1ccccc1. The van der Waals surface area contributed by atoms with E-state index in [0.717, 1.165) is 18.9 Å². The maximum Gasteiger partial charge on any atom is 0.410 e. The molecule has 0 radical (unpaired) electrons. The van der Waals surface area contributed by atoms with Gasteiger partial charge in [-0.1, -0.05) is 49.2 Å². The summed E-state index contributed by atoms with van der Waals surface area (Å²) in [6.45, 7) is 4.16. The summed E-state index contributed by atoms with van der Waals surface area (Å²) in [5.41, 5.74) is -0.369. The summed E-state index contributed by atoms with van der Waals surface area (Å²) in [7, 11) is 0. The molecule has 1 fully saturated rings. The quantitative estimate of drug-likeness (QED) is 0.254. The molecule has 0 bridgehead atoms. The first-order chi connectivity index (χ1) is 15.2. The first-order valence-corrected chi connectivity index (χ1v) is 11.0. The number of hydrogen-bond donors (Lipinski definition) is 0. The van der Waals surface area contributed by atoms with Crippen LogP contribution in [-0.2, 0) is 25.0 Å². The summed E-state index contributed by atoms with van der Waals surface area (Å²) >= 11 is 0. The van der Waals surface area contributed by atoms with E-state index < -0.39 is 23.8 Å². The topological polar surface area (TPSA) is 72.9 Å². The van der Waals surface area contributed by atoms with Crippen molar-refractivity contribution in [3.8, 4) is 0 Å². The van der Waals surface area contributed by atoms with Crippen molar-refractivity contribution >= 4 is 17.8 Å². The van der Waals surface area contributed by atoms with Gasteiger partial charge in [-0.2, -0.15) is 8.78 Å². The van der Waals surface area contributed by atoms with Crippen molar-refractivity contribution in [1.82, 2.24) is 4.90 Å². The third-order valence-electron chi connectivity index (χ3n) is 5.09. The van der Waals surface area contributed by atoms with Crippen LogP contribution in [0.15, 0.2) is 42.5 Å². The van der Waals surface area contributed by atoms with Crippen molar-refractivity contribution in [3.05, 3.63) is 48.0 Å². The molecule has 8 heteroatoms. The average molecular weight is 452 g/mol. The number of halogens is 2. The number of nitrogens with zero attached hydrogens (tertiary/aromatic N) is 1. The molecule has 1 aliphatic heterocycles. The van der Waals surface area contributed by atoms with Gasteiger partial charge in [0, 0.05) is 24.9 Å². The Labute approximate surface area is 187 Å². The number of carbonyl (C=O) groups excluding carboxylic acids is 3. The number of allylic oxidation sites excluding steroid dienone is 1. The van der Waals surface area contributed by atoms with Gasteiger partial charge in [-0.3, -0.25) is 9.59 Å². The lowest BCUT2D eigenvalue weighted by atomic mass is 10.0. The van der Waals surface area contributed by atoms with E-state index in [1.54, 1.807) is 19.9 Å². The van der Waals surface area contributed by atoms with E-state index in [2.05, 4.69) is 0 Å². The van der Waals surface area contributed by atoms with Gasteiger partial charge in [0.25, 0.3) is 0 Å². The van der Waals surface area contributed by atoms with Crippen LogP contribution in [-0.4, -0.2) is 48.0 Å². The normalized spacial score (nSPS) is 17.0. The number of ether oxygens (including phenoxy) is 2. The van der Waals surface area contributed by atoms with Crippen LogP contribution < -0.4 is 0 Å². The molecule has 0 saturated carbocycles. The second kappa shape index (κ2) is 12.3. The Morgan fingerprint density at radius 3 is 2.56 bits per heavy atom. The molecule has 32 heavy (non-hydrogen) atoms. The molecule has 1 amide bonds. The zero-order valence-corrected chi connectivity index (χ0v) is 18.6. The Bertz CT molecular complexity index is 795. The molecule has 0 N–H and O–H groups in total. The van der Waals surface area contributed by atoms with Crippen molar-refractivity contribution in [2.24, 2.45) is 0 Å². The molecule has 1 aromatic carbocycles. The fourth-order valence-electron chi connectivity index (χ4n) is 3.42. The molecule has 1 aromatic rings. The summed E-state index contributed by atoms with van der Waals surface area (Å²) in [5, 5.41) is 0. The van der Waals surface area contributed by atoms with Crippen LogP contribution in [0, 0.1) is 0 Å². The van der Waals surface area contributed by atoms with Crippen LogP contribution in [0.4, 0.5) is 13.6 Å². The van der Waals surface area contributed by atoms with Gasteiger partial charge in [-0.15, -0.1) is 0 Å². The number of unbranched alkanes of at least 4 members (excludes halogenated alkanes) is 3. The summed E-state index contributed by atoms with van der Waals surface area (Å²) in [4.78, 5) is 37.3. The number of benzene rings is 1. The third kappa shape index (κ3) is 7.73. The maximum atomic E-state index is 14.4. The van der Waals surface area contributed by atoms with E-state index in [9.17, 15) is 23.2 Å². The molecule has 176 valence electrons. The number of esters is 1. The summed E-state index contributed by atoms with van der Waals surface area (Å²) in [5.74, 6) is -5.17. The molecule has 6 nitrogen and oxygen atoms in total. The zero-order valence-electron chi connectivity index (χ0n) is 18.6. The van der Waals surface area contributed by atoms with Crippen LogP contribution >= 0.6 is 0 Å². The van der Waals surface area contributed by atoms with Crippen LogP contribution in [0.25, 0.3) is 0 Å². The molecule has 2 rings (SSSR count).